The fraction of sp³-hybridized carbons (Fsp3) is 0.294. The van der Waals surface area contributed by atoms with Gasteiger partial charge in [-0.25, -0.2) is 0 Å². The molecule has 2 unspecified atom stereocenters. The highest BCUT2D eigenvalue weighted by Gasteiger charge is 2.13. The third-order valence-corrected chi connectivity index (χ3v) is 3.66. The zero-order chi connectivity index (χ0) is 14.4. The summed E-state index contributed by atoms with van der Waals surface area (Å²) < 4.78 is 0. The second-order valence-corrected chi connectivity index (χ2v) is 5.52. The van der Waals surface area contributed by atoms with Crippen LogP contribution in [0.15, 0.2) is 54.6 Å². The fourth-order valence-electron chi connectivity index (χ4n) is 2.34. The van der Waals surface area contributed by atoms with Crippen molar-refractivity contribution in [2.45, 2.75) is 25.3 Å². The van der Waals surface area contributed by atoms with E-state index < -0.39 is 0 Å². The summed E-state index contributed by atoms with van der Waals surface area (Å²) in [6, 6.07) is 17.9. The Morgan fingerprint density at radius 1 is 1.10 bits per heavy atom. The maximum Gasteiger partial charge on any atom is 0.0633 e. The van der Waals surface area contributed by atoms with Crippen molar-refractivity contribution < 1.29 is 5.11 Å². The molecule has 2 atom stereocenters. The fourth-order valence-corrected chi connectivity index (χ4v) is 2.53. The molecule has 0 saturated carbocycles. The lowest BCUT2D eigenvalue weighted by Gasteiger charge is -2.22. The predicted molar refractivity (Wildman–Crippen MR) is 85.4 cm³/mol. The van der Waals surface area contributed by atoms with E-state index in [0.29, 0.717) is 10.9 Å². The minimum absolute atomic E-state index is 0.0173. The van der Waals surface area contributed by atoms with Gasteiger partial charge >= 0.3 is 0 Å². The summed E-state index contributed by atoms with van der Waals surface area (Å²) in [5.74, 6) is 0.389. The zero-order valence-corrected chi connectivity index (χ0v) is 12.3. The summed E-state index contributed by atoms with van der Waals surface area (Å²) in [6.07, 6.45) is 0.868. The lowest BCUT2D eigenvalue weighted by Crippen LogP contribution is -2.25. The van der Waals surface area contributed by atoms with Crippen LogP contribution in [0.3, 0.4) is 0 Å². The summed E-state index contributed by atoms with van der Waals surface area (Å²) in [5.41, 5.74) is 2.23. The molecule has 2 N–H and O–H groups in total. The van der Waals surface area contributed by atoms with E-state index in [1.165, 1.54) is 5.56 Å². The van der Waals surface area contributed by atoms with Gasteiger partial charge in [-0.3, -0.25) is 0 Å². The molecule has 0 spiro atoms. The first-order valence-corrected chi connectivity index (χ1v) is 7.24. The van der Waals surface area contributed by atoms with Crippen LogP contribution >= 0.6 is 11.6 Å². The monoisotopic (exact) mass is 289 g/mol. The molecule has 0 aliphatic rings. The standard InChI is InChI=1S/C17H20ClNO/c1-13(14-6-3-2-4-7-14)10-17(12-20)19-16-9-5-8-15(18)11-16/h2-9,11,13,17,19-20H,10,12H2,1H3. The van der Waals surface area contributed by atoms with E-state index in [-0.39, 0.29) is 12.6 Å². The van der Waals surface area contributed by atoms with Crippen LogP contribution in [-0.2, 0) is 0 Å². The number of aliphatic hydroxyl groups excluding tert-OH is 1. The maximum atomic E-state index is 9.56. The first-order valence-electron chi connectivity index (χ1n) is 6.87. The van der Waals surface area contributed by atoms with Gasteiger partial charge in [0, 0.05) is 16.8 Å². The largest absolute Gasteiger partial charge is 0.394 e. The van der Waals surface area contributed by atoms with Crippen molar-refractivity contribution in [3.8, 4) is 0 Å². The Bertz CT molecular complexity index is 530. The topological polar surface area (TPSA) is 32.3 Å². The van der Waals surface area contributed by atoms with E-state index >= 15 is 0 Å². The van der Waals surface area contributed by atoms with Gasteiger partial charge in [0.05, 0.1) is 6.61 Å². The van der Waals surface area contributed by atoms with E-state index in [1.807, 2.05) is 42.5 Å². The van der Waals surface area contributed by atoms with Crippen LogP contribution in [0, 0.1) is 0 Å². The first kappa shape index (κ1) is 14.9. The van der Waals surface area contributed by atoms with Gasteiger partial charge < -0.3 is 10.4 Å². The Labute approximate surface area is 125 Å². The van der Waals surface area contributed by atoms with Gasteiger partial charge in [0.25, 0.3) is 0 Å². The molecule has 0 aliphatic heterocycles. The highest BCUT2D eigenvalue weighted by molar-refractivity contribution is 6.30. The molecule has 3 heteroatoms. The van der Waals surface area contributed by atoms with Crippen LogP contribution in [-0.4, -0.2) is 17.8 Å². The van der Waals surface area contributed by atoms with Gasteiger partial charge in [0.15, 0.2) is 0 Å². The molecule has 2 aromatic rings. The molecule has 0 bridgehead atoms. The van der Waals surface area contributed by atoms with Crippen molar-refractivity contribution in [1.29, 1.82) is 0 Å². The van der Waals surface area contributed by atoms with Crippen molar-refractivity contribution in [1.82, 2.24) is 0 Å². The van der Waals surface area contributed by atoms with Crippen molar-refractivity contribution in [2.75, 3.05) is 11.9 Å². The Morgan fingerprint density at radius 2 is 1.85 bits per heavy atom. The number of aliphatic hydroxyl groups is 1. The number of rotatable bonds is 6. The lowest BCUT2D eigenvalue weighted by molar-refractivity contribution is 0.264. The first-order chi connectivity index (χ1) is 9.69. The molecule has 0 fully saturated rings. The highest BCUT2D eigenvalue weighted by Crippen LogP contribution is 2.23. The predicted octanol–water partition coefficient (Wildman–Crippen LogP) is 4.31. The third kappa shape index (κ3) is 4.26. The number of hydrogen-bond acceptors (Lipinski definition) is 2. The molecular weight excluding hydrogens is 270 g/mol. The molecule has 0 aromatic heterocycles. The SMILES string of the molecule is CC(CC(CO)Nc1cccc(Cl)c1)c1ccccc1. The minimum Gasteiger partial charge on any atom is -0.394 e. The van der Waals surface area contributed by atoms with E-state index in [2.05, 4.69) is 24.4 Å². The zero-order valence-electron chi connectivity index (χ0n) is 11.6. The van der Waals surface area contributed by atoms with Crippen molar-refractivity contribution in [2.24, 2.45) is 0 Å². The van der Waals surface area contributed by atoms with Gasteiger partial charge in [-0.1, -0.05) is 54.9 Å². The molecule has 106 valence electrons. The number of benzene rings is 2. The highest BCUT2D eigenvalue weighted by atomic mass is 35.5. The van der Waals surface area contributed by atoms with Gasteiger partial charge in [-0.2, -0.15) is 0 Å². The Morgan fingerprint density at radius 3 is 2.50 bits per heavy atom. The van der Waals surface area contributed by atoms with E-state index in [4.69, 9.17) is 11.6 Å². The van der Waals surface area contributed by atoms with E-state index in [0.717, 1.165) is 12.1 Å². The molecule has 0 heterocycles. The van der Waals surface area contributed by atoms with Gasteiger partial charge in [-0.05, 0) is 36.1 Å². The quantitative estimate of drug-likeness (QED) is 0.831. The van der Waals surface area contributed by atoms with Gasteiger partial charge in [-0.15, -0.1) is 0 Å². The average molecular weight is 290 g/mol. The molecule has 0 radical (unpaired) electrons. The second kappa shape index (κ2) is 7.32. The van der Waals surface area contributed by atoms with Crippen LogP contribution in [0.4, 0.5) is 5.69 Å². The second-order valence-electron chi connectivity index (χ2n) is 5.08. The smallest absolute Gasteiger partial charge is 0.0633 e. The van der Waals surface area contributed by atoms with Gasteiger partial charge in [0.1, 0.15) is 0 Å². The molecule has 2 nitrogen and oxygen atoms in total. The van der Waals surface area contributed by atoms with Crippen LogP contribution in [0.5, 0.6) is 0 Å². The number of anilines is 1. The number of halogens is 1. The van der Waals surface area contributed by atoms with Crippen LogP contribution in [0.2, 0.25) is 5.02 Å². The van der Waals surface area contributed by atoms with Crippen LogP contribution in [0.1, 0.15) is 24.8 Å². The number of nitrogens with one attached hydrogen (secondary N) is 1. The van der Waals surface area contributed by atoms with Crippen molar-refractivity contribution >= 4 is 17.3 Å². The minimum atomic E-state index is 0.0173. The number of hydrogen-bond donors (Lipinski definition) is 2. The molecular formula is C17H20ClNO. The molecule has 2 aromatic carbocycles. The Balaban J connectivity index is 1.99. The van der Waals surface area contributed by atoms with Crippen molar-refractivity contribution in [3.63, 3.8) is 0 Å². The average Bonchev–Trinajstić information content (AvgIpc) is 2.47. The Kier molecular flexibility index (Phi) is 5.45. The Hall–Kier alpha value is -1.51. The van der Waals surface area contributed by atoms with Crippen molar-refractivity contribution in [3.05, 3.63) is 65.2 Å². The van der Waals surface area contributed by atoms with Gasteiger partial charge in [0.2, 0.25) is 0 Å². The summed E-state index contributed by atoms with van der Waals surface area (Å²) in [4.78, 5) is 0. The third-order valence-electron chi connectivity index (χ3n) is 3.42. The molecule has 0 amide bonds. The molecule has 20 heavy (non-hydrogen) atoms. The molecule has 2 rings (SSSR count). The van der Waals surface area contributed by atoms with E-state index in [9.17, 15) is 5.11 Å². The summed E-state index contributed by atoms with van der Waals surface area (Å²) >= 11 is 5.97. The van der Waals surface area contributed by atoms with Crippen LogP contribution < -0.4 is 5.32 Å². The molecule has 0 saturated heterocycles. The summed E-state index contributed by atoms with van der Waals surface area (Å²) in [6.45, 7) is 2.28. The normalized spacial score (nSPS) is 13.8. The van der Waals surface area contributed by atoms with Crippen LogP contribution in [0.25, 0.3) is 0 Å². The lowest BCUT2D eigenvalue weighted by atomic mass is 9.94. The summed E-state index contributed by atoms with van der Waals surface area (Å²) in [5, 5.41) is 13.6. The maximum absolute atomic E-state index is 9.56. The van der Waals surface area contributed by atoms with E-state index in [1.54, 1.807) is 0 Å². The molecule has 0 aliphatic carbocycles. The summed E-state index contributed by atoms with van der Waals surface area (Å²) in [7, 11) is 0.